The second-order valence-electron chi connectivity index (χ2n) is 4.50. The quantitative estimate of drug-likeness (QED) is 0.300. The number of carbonyl (C=O) groups is 1. The molecule has 0 radical (unpaired) electrons. The molecule has 0 fully saturated rings. The zero-order valence-corrected chi connectivity index (χ0v) is 12.0. The fraction of sp³-hybridized carbons (Fsp3) is 0.688. The van der Waals surface area contributed by atoms with Gasteiger partial charge in [-0.3, -0.25) is 4.79 Å². The van der Waals surface area contributed by atoms with Crippen LogP contribution in [-0.4, -0.2) is 12.6 Å². The van der Waals surface area contributed by atoms with Gasteiger partial charge in [0.2, 0.25) is 0 Å². The first-order chi connectivity index (χ1) is 8.77. The smallest absolute Gasteiger partial charge is 0.302 e. The highest BCUT2D eigenvalue weighted by Crippen LogP contribution is 2.03. The predicted octanol–water partition coefficient (Wildman–Crippen LogP) is 4.80. The summed E-state index contributed by atoms with van der Waals surface area (Å²) in [7, 11) is 0. The molecule has 0 spiro atoms. The second-order valence-corrected chi connectivity index (χ2v) is 4.50. The molecule has 0 rings (SSSR count). The van der Waals surface area contributed by atoms with Crippen molar-refractivity contribution in [3.63, 3.8) is 0 Å². The molecule has 0 amide bonds. The van der Waals surface area contributed by atoms with E-state index in [1.54, 1.807) is 0 Å². The van der Waals surface area contributed by atoms with E-state index in [1.165, 1.54) is 45.4 Å². The highest BCUT2D eigenvalue weighted by molar-refractivity contribution is 5.65. The molecular formula is C16H28O2. The molecule has 0 aliphatic carbocycles. The van der Waals surface area contributed by atoms with Gasteiger partial charge in [-0.15, -0.1) is 0 Å². The summed E-state index contributed by atoms with van der Waals surface area (Å²) in [5.74, 6) is -0.198. The molecule has 0 aromatic rings. The van der Waals surface area contributed by atoms with Crippen molar-refractivity contribution in [3.8, 4) is 0 Å². The molecule has 2 heteroatoms. The van der Waals surface area contributed by atoms with Crippen LogP contribution in [0.5, 0.6) is 0 Å². The lowest BCUT2D eigenvalue weighted by molar-refractivity contribution is -0.140. The topological polar surface area (TPSA) is 26.3 Å². The minimum absolute atomic E-state index is 0.198. The average Bonchev–Trinajstić information content (AvgIpc) is 2.34. The molecule has 18 heavy (non-hydrogen) atoms. The second kappa shape index (κ2) is 14.0. The number of hydrogen-bond acceptors (Lipinski definition) is 2. The zero-order chi connectivity index (χ0) is 13.5. The maximum Gasteiger partial charge on any atom is 0.302 e. The van der Waals surface area contributed by atoms with Crippen LogP contribution in [0.1, 0.15) is 65.2 Å². The van der Waals surface area contributed by atoms with Crippen molar-refractivity contribution < 1.29 is 9.53 Å². The Morgan fingerprint density at radius 1 is 0.889 bits per heavy atom. The number of hydrogen-bond donors (Lipinski definition) is 0. The molecule has 0 saturated carbocycles. The van der Waals surface area contributed by atoms with Crippen LogP contribution >= 0.6 is 0 Å². The molecule has 0 aromatic heterocycles. The molecule has 0 aliphatic heterocycles. The molecule has 104 valence electrons. The number of rotatable bonds is 11. The predicted molar refractivity (Wildman–Crippen MR) is 77.5 cm³/mol. The normalized spacial score (nSPS) is 11.4. The van der Waals surface area contributed by atoms with Crippen LogP contribution in [0.2, 0.25) is 0 Å². The number of carbonyl (C=O) groups excluding carboxylic acids is 1. The van der Waals surface area contributed by atoms with Gasteiger partial charge in [-0.25, -0.2) is 0 Å². The maximum absolute atomic E-state index is 10.5. The van der Waals surface area contributed by atoms with Crippen molar-refractivity contribution in [1.29, 1.82) is 0 Å². The Balaban J connectivity index is 3.19. The van der Waals surface area contributed by atoms with Crippen LogP contribution in [0.25, 0.3) is 0 Å². The van der Waals surface area contributed by atoms with Crippen molar-refractivity contribution in [2.75, 3.05) is 6.61 Å². The van der Waals surface area contributed by atoms with Crippen molar-refractivity contribution in [3.05, 3.63) is 24.3 Å². The molecular weight excluding hydrogens is 224 g/mol. The molecule has 0 heterocycles. The van der Waals surface area contributed by atoms with Crippen molar-refractivity contribution in [2.45, 2.75) is 65.2 Å². The van der Waals surface area contributed by atoms with Crippen LogP contribution < -0.4 is 0 Å². The largest absolute Gasteiger partial charge is 0.466 e. The lowest BCUT2D eigenvalue weighted by Gasteiger charge is -1.96. The minimum Gasteiger partial charge on any atom is -0.466 e. The Labute approximate surface area is 112 Å². The van der Waals surface area contributed by atoms with Gasteiger partial charge in [0.25, 0.3) is 0 Å². The number of ether oxygens (including phenoxy) is 1. The lowest BCUT2D eigenvalue weighted by Crippen LogP contribution is -1.98. The third-order valence-corrected chi connectivity index (χ3v) is 2.64. The fourth-order valence-corrected chi connectivity index (χ4v) is 1.61. The molecule has 0 unspecified atom stereocenters. The first kappa shape index (κ1) is 16.9. The Morgan fingerprint density at radius 2 is 1.44 bits per heavy atom. The van der Waals surface area contributed by atoms with E-state index in [0.29, 0.717) is 6.61 Å². The molecule has 0 bridgehead atoms. The molecule has 0 aromatic carbocycles. The van der Waals surface area contributed by atoms with Crippen LogP contribution in [-0.2, 0) is 9.53 Å². The van der Waals surface area contributed by atoms with Gasteiger partial charge >= 0.3 is 5.97 Å². The first-order valence-electron chi connectivity index (χ1n) is 7.20. The summed E-state index contributed by atoms with van der Waals surface area (Å²) in [6.45, 7) is 4.18. The van der Waals surface area contributed by atoms with Gasteiger partial charge in [0.05, 0.1) is 6.61 Å². The summed E-state index contributed by atoms with van der Waals surface area (Å²) >= 11 is 0. The van der Waals surface area contributed by atoms with Gasteiger partial charge in [-0.05, 0) is 38.5 Å². The number of unbranched alkanes of at least 4 members (excludes halogenated alkanes) is 5. The molecule has 2 nitrogen and oxygen atoms in total. The number of allylic oxidation sites excluding steroid dienone is 3. The maximum atomic E-state index is 10.5. The molecule has 0 aliphatic rings. The zero-order valence-electron chi connectivity index (χ0n) is 12.0. The summed E-state index contributed by atoms with van der Waals surface area (Å²) in [6, 6.07) is 0. The Hall–Kier alpha value is -1.05. The SMILES string of the molecule is CCCCC/C=C\CCC/C=C\CCOC(C)=O. The summed E-state index contributed by atoms with van der Waals surface area (Å²) in [5, 5.41) is 0. The molecule has 0 atom stereocenters. The van der Waals surface area contributed by atoms with E-state index in [0.717, 1.165) is 12.8 Å². The van der Waals surface area contributed by atoms with Crippen molar-refractivity contribution >= 4 is 5.97 Å². The van der Waals surface area contributed by atoms with E-state index >= 15 is 0 Å². The van der Waals surface area contributed by atoms with Gasteiger partial charge in [0.1, 0.15) is 0 Å². The van der Waals surface area contributed by atoms with E-state index in [9.17, 15) is 4.79 Å². The van der Waals surface area contributed by atoms with Gasteiger partial charge in [0, 0.05) is 6.92 Å². The van der Waals surface area contributed by atoms with Gasteiger partial charge in [-0.2, -0.15) is 0 Å². The highest BCUT2D eigenvalue weighted by atomic mass is 16.5. The molecule has 0 saturated heterocycles. The van der Waals surface area contributed by atoms with Gasteiger partial charge in [0.15, 0.2) is 0 Å². The van der Waals surface area contributed by atoms with Gasteiger partial charge in [-0.1, -0.05) is 44.1 Å². The standard InChI is InChI=1S/C16H28O2/c1-3-4-5-6-7-8-9-10-11-12-13-14-15-18-16(2)17/h7-8,12-13H,3-6,9-11,14-15H2,1-2H3/b8-7-,13-12-. The van der Waals surface area contributed by atoms with Crippen molar-refractivity contribution in [2.24, 2.45) is 0 Å². The molecule has 0 N–H and O–H groups in total. The van der Waals surface area contributed by atoms with Crippen LogP contribution in [0.15, 0.2) is 24.3 Å². The summed E-state index contributed by atoms with van der Waals surface area (Å²) < 4.78 is 4.83. The first-order valence-corrected chi connectivity index (χ1v) is 7.20. The Morgan fingerprint density at radius 3 is 2.00 bits per heavy atom. The Kier molecular flexibility index (Phi) is 13.2. The summed E-state index contributed by atoms with van der Waals surface area (Å²) in [5.41, 5.74) is 0. The fourth-order valence-electron chi connectivity index (χ4n) is 1.61. The highest BCUT2D eigenvalue weighted by Gasteiger charge is 1.88. The van der Waals surface area contributed by atoms with E-state index in [-0.39, 0.29) is 5.97 Å². The van der Waals surface area contributed by atoms with E-state index in [2.05, 4.69) is 31.2 Å². The van der Waals surface area contributed by atoms with E-state index in [1.807, 2.05) is 0 Å². The van der Waals surface area contributed by atoms with Crippen LogP contribution in [0, 0.1) is 0 Å². The third kappa shape index (κ3) is 14.9. The van der Waals surface area contributed by atoms with Crippen LogP contribution in [0.3, 0.4) is 0 Å². The average molecular weight is 252 g/mol. The lowest BCUT2D eigenvalue weighted by atomic mass is 10.1. The van der Waals surface area contributed by atoms with E-state index in [4.69, 9.17) is 4.74 Å². The summed E-state index contributed by atoms with van der Waals surface area (Å²) in [4.78, 5) is 10.5. The monoisotopic (exact) mass is 252 g/mol. The third-order valence-electron chi connectivity index (χ3n) is 2.64. The van der Waals surface area contributed by atoms with E-state index < -0.39 is 0 Å². The van der Waals surface area contributed by atoms with Gasteiger partial charge < -0.3 is 4.74 Å². The summed E-state index contributed by atoms with van der Waals surface area (Å²) in [6.07, 6.45) is 18.4. The minimum atomic E-state index is -0.198. The van der Waals surface area contributed by atoms with Crippen molar-refractivity contribution in [1.82, 2.24) is 0 Å². The number of esters is 1. The van der Waals surface area contributed by atoms with Crippen LogP contribution in [0.4, 0.5) is 0 Å². The Bertz CT molecular complexity index is 241.